The quantitative estimate of drug-likeness (QED) is 0.748. The molecule has 1 aromatic heterocycles. The highest BCUT2D eigenvalue weighted by Crippen LogP contribution is 2.28. The van der Waals surface area contributed by atoms with E-state index in [2.05, 4.69) is 5.32 Å². The van der Waals surface area contributed by atoms with Crippen molar-refractivity contribution in [1.29, 1.82) is 0 Å². The minimum Gasteiger partial charge on any atom is -0.464 e. The SMILES string of the molecule is Cc1cc2occ(CC(=O)Nc3ccccc3C)c2cc1Cl. The van der Waals surface area contributed by atoms with Crippen LogP contribution in [0.3, 0.4) is 0 Å². The van der Waals surface area contributed by atoms with Crippen molar-refractivity contribution in [2.45, 2.75) is 20.3 Å². The molecule has 3 aromatic rings. The van der Waals surface area contributed by atoms with E-state index in [0.29, 0.717) is 5.02 Å². The Morgan fingerprint density at radius 1 is 1.18 bits per heavy atom. The van der Waals surface area contributed by atoms with Gasteiger partial charge in [-0.25, -0.2) is 0 Å². The van der Waals surface area contributed by atoms with Crippen LogP contribution in [-0.4, -0.2) is 5.91 Å². The van der Waals surface area contributed by atoms with Gasteiger partial charge in [-0.2, -0.15) is 0 Å². The fourth-order valence-electron chi connectivity index (χ4n) is 2.42. The average Bonchev–Trinajstić information content (AvgIpc) is 2.84. The minimum absolute atomic E-state index is 0.0753. The smallest absolute Gasteiger partial charge is 0.228 e. The van der Waals surface area contributed by atoms with Gasteiger partial charge in [0.15, 0.2) is 0 Å². The fourth-order valence-corrected chi connectivity index (χ4v) is 2.58. The third-order valence-corrected chi connectivity index (χ3v) is 4.11. The van der Waals surface area contributed by atoms with Crippen LogP contribution in [0.25, 0.3) is 11.0 Å². The lowest BCUT2D eigenvalue weighted by Crippen LogP contribution is -2.14. The molecule has 1 amide bonds. The van der Waals surface area contributed by atoms with E-state index >= 15 is 0 Å². The number of amides is 1. The molecule has 3 rings (SSSR count). The maximum Gasteiger partial charge on any atom is 0.228 e. The molecule has 4 heteroatoms. The van der Waals surface area contributed by atoms with Crippen molar-refractivity contribution in [1.82, 2.24) is 0 Å². The molecule has 0 aliphatic rings. The largest absolute Gasteiger partial charge is 0.464 e. The Morgan fingerprint density at radius 3 is 2.73 bits per heavy atom. The van der Waals surface area contributed by atoms with E-state index in [4.69, 9.17) is 16.0 Å². The number of benzene rings is 2. The number of fused-ring (bicyclic) bond motifs is 1. The molecule has 0 spiro atoms. The monoisotopic (exact) mass is 313 g/mol. The predicted octanol–water partition coefficient (Wildman–Crippen LogP) is 4.88. The van der Waals surface area contributed by atoms with Crippen LogP contribution in [0.4, 0.5) is 5.69 Å². The van der Waals surface area contributed by atoms with Gasteiger partial charge in [-0.05, 0) is 43.2 Å². The second-order valence-corrected chi connectivity index (χ2v) is 5.81. The highest BCUT2D eigenvalue weighted by molar-refractivity contribution is 6.32. The van der Waals surface area contributed by atoms with Crippen molar-refractivity contribution >= 4 is 34.2 Å². The van der Waals surface area contributed by atoms with Crippen molar-refractivity contribution in [2.24, 2.45) is 0 Å². The highest BCUT2D eigenvalue weighted by Gasteiger charge is 2.12. The van der Waals surface area contributed by atoms with Gasteiger partial charge in [0.2, 0.25) is 5.91 Å². The Balaban J connectivity index is 1.83. The summed E-state index contributed by atoms with van der Waals surface area (Å²) in [6.45, 7) is 3.89. The second kappa shape index (κ2) is 5.85. The number of carbonyl (C=O) groups excluding carboxylic acids is 1. The summed E-state index contributed by atoms with van der Waals surface area (Å²) in [7, 11) is 0. The van der Waals surface area contributed by atoms with E-state index in [1.54, 1.807) is 6.26 Å². The topological polar surface area (TPSA) is 42.2 Å². The van der Waals surface area contributed by atoms with E-state index < -0.39 is 0 Å². The lowest BCUT2D eigenvalue weighted by atomic mass is 10.1. The fraction of sp³-hybridized carbons (Fsp3) is 0.167. The number of aryl methyl sites for hydroxylation is 2. The van der Waals surface area contributed by atoms with E-state index in [1.807, 2.05) is 50.2 Å². The molecule has 0 unspecified atom stereocenters. The van der Waals surface area contributed by atoms with Crippen LogP contribution in [-0.2, 0) is 11.2 Å². The van der Waals surface area contributed by atoms with Gasteiger partial charge in [-0.15, -0.1) is 0 Å². The van der Waals surface area contributed by atoms with Crippen molar-refractivity contribution < 1.29 is 9.21 Å². The van der Waals surface area contributed by atoms with Crippen LogP contribution in [0, 0.1) is 13.8 Å². The lowest BCUT2D eigenvalue weighted by molar-refractivity contribution is -0.115. The van der Waals surface area contributed by atoms with Crippen molar-refractivity contribution in [3.8, 4) is 0 Å². The number of carbonyl (C=O) groups is 1. The number of nitrogens with one attached hydrogen (secondary N) is 1. The number of furan rings is 1. The molecular formula is C18H16ClNO2. The van der Waals surface area contributed by atoms with E-state index in [-0.39, 0.29) is 12.3 Å². The van der Waals surface area contributed by atoms with E-state index in [0.717, 1.165) is 33.3 Å². The third-order valence-electron chi connectivity index (χ3n) is 3.71. The Labute approximate surface area is 133 Å². The minimum atomic E-state index is -0.0753. The van der Waals surface area contributed by atoms with Crippen molar-refractivity contribution in [3.63, 3.8) is 0 Å². The standard InChI is InChI=1S/C18H16ClNO2/c1-11-5-3-4-6-16(11)20-18(21)8-13-10-22-17-7-12(2)15(19)9-14(13)17/h3-7,9-10H,8H2,1-2H3,(H,20,21). The molecule has 22 heavy (non-hydrogen) atoms. The third kappa shape index (κ3) is 2.85. The number of para-hydroxylation sites is 1. The van der Waals surface area contributed by atoms with Gasteiger partial charge in [-0.1, -0.05) is 29.8 Å². The summed E-state index contributed by atoms with van der Waals surface area (Å²) in [5.41, 5.74) is 4.41. The lowest BCUT2D eigenvalue weighted by Gasteiger charge is -2.07. The number of hydrogen-bond donors (Lipinski definition) is 1. The first-order valence-electron chi connectivity index (χ1n) is 7.06. The van der Waals surface area contributed by atoms with Crippen LogP contribution in [0.2, 0.25) is 5.02 Å². The molecule has 0 atom stereocenters. The summed E-state index contributed by atoms with van der Waals surface area (Å²) in [6, 6.07) is 11.4. The number of hydrogen-bond acceptors (Lipinski definition) is 2. The Hall–Kier alpha value is -2.26. The van der Waals surface area contributed by atoms with Gasteiger partial charge in [0.25, 0.3) is 0 Å². The number of rotatable bonds is 3. The molecule has 0 aliphatic heterocycles. The van der Waals surface area contributed by atoms with Gasteiger partial charge in [0.1, 0.15) is 5.58 Å². The van der Waals surface area contributed by atoms with Crippen LogP contribution in [0.1, 0.15) is 16.7 Å². The summed E-state index contributed by atoms with van der Waals surface area (Å²) in [5.74, 6) is -0.0753. The summed E-state index contributed by atoms with van der Waals surface area (Å²) >= 11 is 6.16. The molecule has 3 nitrogen and oxygen atoms in total. The maximum absolute atomic E-state index is 12.2. The van der Waals surface area contributed by atoms with Crippen LogP contribution in [0.5, 0.6) is 0 Å². The molecule has 0 saturated carbocycles. The first kappa shape index (κ1) is 14.7. The van der Waals surface area contributed by atoms with Crippen LogP contribution in [0.15, 0.2) is 47.1 Å². The molecule has 0 radical (unpaired) electrons. The average molecular weight is 314 g/mol. The van der Waals surface area contributed by atoms with Gasteiger partial charge in [0.05, 0.1) is 12.7 Å². The molecule has 0 bridgehead atoms. The Bertz CT molecular complexity index is 851. The molecule has 1 N–H and O–H groups in total. The zero-order chi connectivity index (χ0) is 15.7. The summed E-state index contributed by atoms with van der Waals surface area (Å²) < 4.78 is 5.52. The first-order valence-corrected chi connectivity index (χ1v) is 7.44. The molecule has 0 aliphatic carbocycles. The molecule has 0 saturated heterocycles. The van der Waals surface area contributed by atoms with Crippen LogP contribution < -0.4 is 5.32 Å². The summed E-state index contributed by atoms with van der Waals surface area (Å²) in [6.07, 6.45) is 1.87. The van der Waals surface area contributed by atoms with Gasteiger partial charge in [-0.3, -0.25) is 4.79 Å². The van der Waals surface area contributed by atoms with Gasteiger partial charge in [0, 0.05) is 21.7 Å². The van der Waals surface area contributed by atoms with Crippen molar-refractivity contribution in [3.05, 3.63) is 64.4 Å². The van der Waals surface area contributed by atoms with Crippen molar-refractivity contribution in [2.75, 3.05) is 5.32 Å². The number of halogens is 1. The molecule has 2 aromatic carbocycles. The van der Waals surface area contributed by atoms with E-state index in [9.17, 15) is 4.79 Å². The number of anilines is 1. The van der Waals surface area contributed by atoms with E-state index in [1.165, 1.54) is 0 Å². The normalized spacial score (nSPS) is 10.9. The zero-order valence-corrected chi connectivity index (χ0v) is 13.2. The molecular weight excluding hydrogens is 298 g/mol. The Morgan fingerprint density at radius 2 is 1.95 bits per heavy atom. The zero-order valence-electron chi connectivity index (χ0n) is 12.4. The second-order valence-electron chi connectivity index (χ2n) is 5.40. The predicted molar refractivity (Wildman–Crippen MR) is 89.5 cm³/mol. The maximum atomic E-state index is 12.2. The molecule has 1 heterocycles. The van der Waals surface area contributed by atoms with Gasteiger partial charge < -0.3 is 9.73 Å². The Kier molecular flexibility index (Phi) is 3.90. The highest BCUT2D eigenvalue weighted by atomic mass is 35.5. The van der Waals surface area contributed by atoms with Crippen LogP contribution >= 0.6 is 11.6 Å². The molecule has 0 fully saturated rings. The van der Waals surface area contributed by atoms with Gasteiger partial charge >= 0.3 is 0 Å². The summed E-state index contributed by atoms with van der Waals surface area (Å²) in [5, 5.41) is 4.49. The summed E-state index contributed by atoms with van der Waals surface area (Å²) in [4.78, 5) is 12.2. The first-order chi connectivity index (χ1) is 10.5. The molecule has 112 valence electrons.